The van der Waals surface area contributed by atoms with E-state index in [1.54, 1.807) is 24.3 Å². The zero-order chi connectivity index (χ0) is 18.5. The van der Waals surface area contributed by atoms with E-state index in [1.165, 1.54) is 6.08 Å². The molecule has 6 nitrogen and oxygen atoms in total. The Morgan fingerprint density at radius 3 is 2.77 bits per heavy atom. The van der Waals surface area contributed by atoms with E-state index < -0.39 is 0 Å². The topological polar surface area (TPSA) is 60.0 Å². The minimum Gasteiger partial charge on any atom is -0.493 e. The van der Waals surface area contributed by atoms with Crippen molar-refractivity contribution in [2.24, 2.45) is 0 Å². The van der Waals surface area contributed by atoms with E-state index in [2.05, 4.69) is 5.32 Å². The van der Waals surface area contributed by atoms with E-state index in [0.717, 1.165) is 17.0 Å². The quantitative estimate of drug-likeness (QED) is 0.804. The minimum absolute atomic E-state index is 0.204. The maximum absolute atomic E-state index is 12.2. The van der Waals surface area contributed by atoms with E-state index in [0.29, 0.717) is 23.8 Å². The lowest BCUT2D eigenvalue weighted by molar-refractivity contribution is -0.111. The Kier molecular flexibility index (Phi) is 5.31. The third-order valence-corrected chi connectivity index (χ3v) is 3.87. The van der Waals surface area contributed by atoms with Gasteiger partial charge in [0.15, 0.2) is 11.5 Å². The molecule has 1 amide bonds. The highest BCUT2D eigenvalue weighted by Gasteiger charge is 2.13. The van der Waals surface area contributed by atoms with Gasteiger partial charge in [0.1, 0.15) is 5.75 Å². The number of hydrogen-bond donors (Lipinski definition) is 1. The smallest absolute Gasteiger partial charge is 0.248 e. The van der Waals surface area contributed by atoms with Gasteiger partial charge < -0.3 is 24.4 Å². The molecular weight excluding hydrogens is 332 g/mol. The fourth-order valence-electron chi connectivity index (χ4n) is 2.54. The third kappa shape index (κ3) is 4.08. The highest BCUT2D eigenvalue weighted by molar-refractivity contribution is 6.02. The molecule has 6 heteroatoms. The van der Waals surface area contributed by atoms with Crippen molar-refractivity contribution in [2.75, 3.05) is 37.7 Å². The highest BCUT2D eigenvalue weighted by Crippen LogP contribution is 2.34. The van der Waals surface area contributed by atoms with Gasteiger partial charge in [0.25, 0.3) is 0 Å². The normalized spacial score (nSPS) is 12.3. The van der Waals surface area contributed by atoms with E-state index >= 15 is 0 Å². The molecular formula is C20H22N2O4. The number of benzene rings is 2. The second-order valence-corrected chi connectivity index (χ2v) is 5.94. The van der Waals surface area contributed by atoms with Crippen LogP contribution in [0.3, 0.4) is 0 Å². The third-order valence-electron chi connectivity index (χ3n) is 3.87. The van der Waals surface area contributed by atoms with Crippen LogP contribution < -0.4 is 24.4 Å². The molecule has 136 valence electrons. The van der Waals surface area contributed by atoms with Crippen molar-refractivity contribution < 1.29 is 19.0 Å². The Morgan fingerprint density at radius 2 is 2.00 bits per heavy atom. The molecule has 0 saturated heterocycles. The van der Waals surface area contributed by atoms with Crippen molar-refractivity contribution in [1.82, 2.24) is 0 Å². The standard InChI is InChI=1S/C20H22N2O4/c1-4-24-18-12-16(22(2)3)8-5-14(18)6-10-20(23)21-15-7-9-17-19(11-15)26-13-25-17/h5-12H,4,13H2,1-3H3,(H,21,23)/b10-6+. The van der Waals surface area contributed by atoms with Gasteiger partial charge in [-0.2, -0.15) is 0 Å². The van der Waals surface area contributed by atoms with Crippen LogP contribution in [0.1, 0.15) is 12.5 Å². The van der Waals surface area contributed by atoms with Gasteiger partial charge in [0.05, 0.1) is 6.61 Å². The van der Waals surface area contributed by atoms with Crippen LogP contribution in [0.5, 0.6) is 17.2 Å². The molecule has 0 atom stereocenters. The fraction of sp³-hybridized carbons (Fsp3) is 0.250. The number of rotatable bonds is 6. The summed E-state index contributed by atoms with van der Waals surface area (Å²) in [6.45, 7) is 2.69. The van der Waals surface area contributed by atoms with Gasteiger partial charge in [-0.15, -0.1) is 0 Å². The van der Waals surface area contributed by atoms with Gasteiger partial charge >= 0.3 is 0 Å². The minimum atomic E-state index is -0.233. The molecule has 2 aromatic rings. The number of carbonyl (C=O) groups excluding carboxylic acids is 1. The average Bonchev–Trinajstić information content (AvgIpc) is 3.08. The second-order valence-electron chi connectivity index (χ2n) is 5.94. The lowest BCUT2D eigenvalue weighted by atomic mass is 10.1. The van der Waals surface area contributed by atoms with Crippen LogP contribution in [-0.4, -0.2) is 33.4 Å². The molecule has 1 N–H and O–H groups in total. The average molecular weight is 354 g/mol. The molecule has 26 heavy (non-hydrogen) atoms. The molecule has 1 aliphatic heterocycles. The van der Waals surface area contributed by atoms with Crippen LogP contribution in [0.4, 0.5) is 11.4 Å². The first-order valence-electron chi connectivity index (χ1n) is 8.39. The van der Waals surface area contributed by atoms with Crippen molar-refractivity contribution in [3.8, 4) is 17.2 Å². The summed E-state index contributed by atoms with van der Waals surface area (Å²) >= 11 is 0. The summed E-state index contributed by atoms with van der Waals surface area (Å²) in [7, 11) is 3.94. The number of carbonyl (C=O) groups is 1. The Labute approximate surface area is 153 Å². The lowest BCUT2D eigenvalue weighted by Crippen LogP contribution is -2.09. The van der Waals surface area contributed by atoms with Crippen molar-refractivity contribution >= 4 is 23.4 Å². The van der Waals surface area contributed by atoms with E-state index in [-0.39, 0.29) is 12.7 Å². The predicted octanol–water partition coefficient (Wildman–Crippen LogP) is 3.53. The Bertz CT molecular complexity index is 831. The molecule has 0 aromatic heterocycles. The van der Waals surface area contributed by atoms with Crippen LogP contribution in [0.25, 0.3) is 6.08 Å². The van der Waals surface area contributed by atoms with Crippen molar-refractivity contribution in [3.63, 3.8) is 0 Å². The van der Waals surface area contributed by atoms with E-state index in [9.17, 15) is 4.79 Å². The Morgan fingerprint density at radius 1 is 1.19 bits per heavy atom. The molecule has 2 aromatic carbocycles. The summed E-state index contributed by atoms with van der Waals surface area (Å²) < 4.78 is 16.3. The van der Waals surface area contributed by atoms with Crippen LogP contribution in [-0.2, 0) is 4.79 Å². The summed E-state index contributed by atoms with van der Waals surface area (Å²) in [6, 6.07) is 11.2. The summed E-state index contributed by atoms with van der Waals surface area (Å²) in [5.74, 6) is 1.82. The molecule has 0 fully saturated rings. The Hall–Kier alpha value is -3.15. The lowest BCUT2D eigenvalue weighted by Gasteiger charge is -2.15. The SMILES string of the molecule is CCOc1cc(N(C)C)ccc1/C=C/C(=O)Nc1ccc2c(c1)OCO2. The van der Waals surface area contributed by atoms with Gasteiger partial charge in [-0.05, 0) is 37.3 Å². The zero-order valence-electron chi connectivity index (χ0n) is 15.1. The number of anilines is 2. The monoisotopic (exact) mass is 354 g/mol. The molecule has 0 radical (unpaired) electrons. The van der Waals surface area contributed by atoms with Gasteiger partial charge in [-0.3, -0.25) is 4.79 Å². The molecule has 0 bridgehead atoms. The van der Waals surface area contributed by atoms with Crippen LogP contribution in [0.2, 0.25) is 0 Å². The molecule has 0 aliphatic carbocycles. The molecule has 3 rings (SSSR count). The first-order valence-corrected chi connectivity index (χ1v) is 8.39. The molecule has 0 spiro atoms. The summed E-state index contributed by atoms with van der Waals surface area (Å²) in [6.07, 6.45) is 3.23. The summed E-state index contributed by atoms with van der Waals surface area (Å²) in [4.78, 5) is 14.2. The molecule has 0 saturated carbocycles. The number of hydrogen-bond acceptors (Lipinski definition) is 5. The second kappa shape index (κ2) is 7.82. The van der Waals surface area contributed by atoms with Crippen LogP contribution >= 0.6 is 0 Å². The van der Waals surface area contributed by atoms with Gasteiger partial charge in [-0.1, -0.05) is 0 Å². The van der Waals surface area contributed by atoms with Gasteiger partial charge in [-0.25, -0.2) is 0 Å². The van der Waals surface area contributed by atoms with Gasteiger partial charge in [0.2, 0.25) is 12.7 Å². The first kappa shape index (κ1) is 17.7. The van der Waals surface area contributed by atoms with Crippen molar-refractivity contribution in [1.29, 1.82) is 0 Å². The largest absolute Gasteiger partial charge is 0.493 e. The molecule has 0 unspecified atom stereocenters. The van der Waals surface area contributed by atoms with Gasteiger partial charge in [0, 0.05) is 49.2 Å². The van der Waals surface area contributed by atoms with Crippen molar-refractivity contribution in [2.45, 2.75) is 6.92 Å². The van der Waals surface area contributed by atoms with Crippen LogP contribution in [0.15, 0.2) is 42.5 Å². The highest BCUT2D eigenvalue weighted by atomic mass is 16.7. The van der Waals surface area contributed by atoms with Crippen LogP contribution in [0, 0.1) is 0 Å². The number of fused-ring (bicyclic) bond motifs is 1. The molecule has 1 aliphatic rings. The number of ether oxygens (including phenoxy) is 3. The first-order chi connectivity index (χ1) is 12.6. The van der Waals surface area contributed by atoms with E-state index in [4.69, 9.17) is 14.2 Å². The number of nitrogens with one attached hydrogen (secondary N) is 1. The van der Waals surface area contributed by atoms with Crippen molar-refractivity contribution in [3.05, 3.63) is 48.0 Å². The number of nitrogens with zero attached hydrogens (tertiary/aromatic N) is 1. The predicted molar refractivity (Wildman–Crippen MR) is 102 cm³/mol. The summed E-state index contributed by atoms with van der Waals surface area (Å²) in [5.41, 5.74) is 2.53. The van der Waals surface area contributed by atoms with E-state index in [1.807, 2.05) is 44.1 Å². The maximum Gasteiger partial charge on any atom is 0.248 e. The Balaban J connectivity index is 1.71. The fourth-order valence-corrected chi connectivity index (χ4v) is 2.54. The summed E-state index contributed by atoms with van der Waals surface area (Å²) in [5, 5.41) is 2.81. The molecule has 1 heterocycles. The maximum atomic E-state index is 12.2. The zero-order valence-corrected chi connectivity index (χ0v) is 15.1. The number of amides is 1.